The predicted molar refractivity (Wildman–Crippen MR) is 65.4 cm³/mol. The fourth-order valence-electron chi connectivity index (χ4n) is 2.01. The van der Waals surface area contributed by atoms with Gasteiger partial charge in [0.15, 0.2) is 0 Å². The highest BCUT2D eigenvalue weighted by Gasteiger charge is 2.21. The Bertz CT molecular complexity index is 303. The highest BCUT2D eigenvalue weighted by atomic mass is 16.5. The van der Waals surface area contributed by atoms with Crippen molar-refractivity contribution in [2.45, 2.75) is 70.4 Å². The van der Waals surface area contributed by atoms with Crippen LogP contribution in [0.1, 0.15) is 58.8 Å². The Hall–Kier alpha value is -1.22. The topological polar surface area (TPSA) is 75.1 Å². The molecule has 5 nitrogen and oxygen atoms in total. The number of nitrogens with zero attached hydrogens (tertiary/aromatic N) is 3. The summed E-state index contributed by atoms with van der Waals surface area (Å²) in [6.45, 7) is 3.64. The zero-order valence-electron chi connectivity index (χ0n) is 10.7. The first-order chi connectivity index (χ1) is 8.03. The molecule has 0 saturated heterocycles. The third-order valence-corrected chi connectivity index (χ3v) is 3.11. The van der Waals surface area contributed by atoms with Crippen LogP contribution in [-0.4, -0.2) is 17.6 Å². The third-order valence-electron chi connectivity index (χ3n) is 3.11. The van der Waals surface area contributed by atoms with Crippen LogP contribution in [0.25, 0.3) is 10.4 Å². The standard InChI is InChI=1S/C12H21N3O2/c1-12(2,14-15-13)9-8-11(16)17-10-6-4-3-5-7-10/h10H,3-9H2,1-2H3. The molecule has 0 heterocycles. The predicted octanol–water partition coefficient (Wildman–Crippen LogP) is 3.73. The molecule has 1 saturated carbocycles. The zero-order chi connectivity index (χ0) is 12.7. The summed E-state index contributed by atoms with van der Waals surface area (Å²) in [5.41, 5.74) is 7.86. The summed E-state index contributed by atoms with van der Waals surface area (Å²) >= 11 is 0. The second-order valence-corrected chi connectivity index (χ2v) is 5.25. The van der Waals surface area contributed by atoms with E-state index < -0.39 is 5.54 Å². The Morgan fingerprint density at radius 3 is 2.65 bits per heavy atom. The molecule has 0 bridgehead atoms. The minimum absolute atomic E-state index is 0.110. The maximum absolute atomic E-state index is 11.6. The van der Waals surface area contributed by atoms with Crippen LogP contribution in [0.4, 0.5) is 0 Å². The molecule has 0 aromatic carbocycles. The van der Waals surface area contributed by atoms with Crippen LogP contribution < -0.4 is 0 Å². The maximum atomic E-state index is 11.6. The van der Waals surface area contributed by atoms with Crippen LogP contribution in [0.2, 0.25) is 0 Å². The Kier molecular flexibility index (Phi) is 5.29. The minimum Gasteiger partial charge on any atom is -0.462 e. The molecule has 0 spiro atoms. The molecular formula is C12H21N3O2. The van der Waals surface area contributed by atoms with Gasteiger partial charge in [-0.25, -0.2) is 0 Å². The van der Waals surface area contributed by atoms with E-state index in [1.807, 2.05) is 13.8 Å². The lowest BCUT2D eigenvalue weighted by Crippen LogP contribution is -2.23. The van der Waals surface area contributed by atoms with Crippen LogP contribution in [0.3, 0.4) is 0 Å². The molecule has 5 heteroatoms. The molecule has 1 fully saturated rings. The lowest BCUT2D eigenvalue weighted by Gasteiger charge is -2.23. The second-order valence-electron chi connectivity index (χ2n) is 5.25. The third kappa shape index (κ3) is 5.59. The van der Waals surface area contributed by atoms with Gasteiger partial charge in [0.1, 0.15) is 6.10 Å². The summed E-state index contributed by atoms with van der Waals surface area (Å²) in [4.78, 5) is 14.4. The molecule has 0 aliphatic heterocycles. The average molecular weight is 239 g/mol. The van der Waals surface area contributed by atoms with E-state index in [0.717, 1.165) is 25.7 Å². The highest BCUT2D eigenvalue weighted by molar-refractivity contribution is 5.69. The summed E-state index contributed by atoms with van der Waals surface area (Å²) < 4.78 is 5.39. The highest BCUT2D eigenvalue weighted by Crippen LogP contribution is 2.22. The van der Waals surface area contributed by atoms with Crippen molar-refractivity contribution in [3.8, 4) is 0 Å². The smallest absolute Gasteiger partial charge is 0.306 e. The molecule has 0 aromatic heterocycles. The van der Waals surface area contributed by atoms with E-state index in [9.17, 15) is 4.79 Å². The first-order valence-electron chi connectivity index (χ1n) is 6.29. The Labute approximate surface area is 102 Å². The van der Waals surface area contributed by atoms with Gasteiger partial charge in [0.2, 0.25) is 0 Å². The van der Waals surface area contributed by atoms with E-state index in [4.69, 9.17) is 10.3 Å². The van der Waals surface area contributed by atoms with Gasteiger partial charge in [-0.05, 0) is 37.6 Å². The van der Waals surface area contributed by atoms with Gasteiger partial charge >= 0.3 is 5.97 Å². The van der Waals surface area contributed by atoms with Crippen molar-refractivity contribution in [2.24, 2.45) is 5.11 Å². The lowest BCUT2D eigenvalue weighted by atomic mass is 9.97. The van der Waals surface area contributed by atoms with Crippen molar-refractivity contribution < 1.29 is 9.53 Å². The molecule has 1 aliphatic carbocycles. The van der Waals surface area contributed by atoms with E-state index >= 15 is 0 Å². The molecule has 0 radical (unpaired) electrons. The molecule has 0 atom stereocenters. The molecule has 0 N–H and O–H groups in total. The molecule has 0 unspecified atom stereocenters. The second kappa shape index (κ2) is 6.50. The van der Waals surface area contributed by atoms with Gasteiger partial charge in [0.05, 0.1) is 0 Å². The van der Waals surface area contributed by atoms with Crippen LogP contribution in [0.15, 0.2) is 5.11 Å². The quantitative estimate of drug-likeness (QED) is 0.317. The van der Waals surface area contributed by atoms with Gasteiger partial charge in [-0.15, -0.1) is 0 Å². The zero-order valence-corrected chi connectivity index (χ0v) is 10.7. The molecule has 1 rings (SSSR count). The van der Waals surface area contributed by atoms with Crippen LogP contribution in [-0.2, 0) is 9.53 Å². The van der Waals surface area contributed by atoms with E-state index in [-0.39, 0.29) is 12.1 Å². The van der Waals surface area contributed by atoms with E-state index in [1.54, 1.807) is 0 Å². The SMILES string of the molecule is CC(C)(CCC(=O)OC1CCCCC1)N=[N+]=[N-]. The minimum atomic E-state index is -0.514. The van der Waals surface area contributed by atoms with E-state index in [1.165, 1.54) is 6.42 Å². The van der Waals surface area contributed by atoms with Crippen molar-refractivity contribution in [3.05, 3.63) is 10.4 Å². The van der Waals surface area contributed by atoms with Gasteiger partial charge < -0.3 is 4.74 Å². The summed E-state index contributed by atoms with van der Waals surface area (Å²) in [5, 5.41) is 3.65. The summed E-state index contributed by atoms with van der Waals surface area (Å²) in [7, 11) is 0. The number of carbonyl (C=O) groups excluding carboxylic acids is 1. The molecule has 17 heavy (non-hydrogen) atoms. The molecule has 0 amide bonds. The number of hydrogen-bond acceptors (Lipinski definition) is 3. The number of ether oxygens (including phenoxy) is 1. The monoisotopic (exact) mass is 239 g/mol. The van der Waals surface area contributed by atoms with Gasteiger partial charge in [0.25, 0.3) is 0 Å². The lowest BCUT2D eigenvalue weighted by molar-refractivity contribution is -0.150. The van der Waals surface area contributed by atoms with Gasteiger partial charge in [-0.2, -0.15) is 0 Å². The van der Waals surface area contributed by atoms with Crippen molar-refractivity contribution >= 4 is 5.97 Å². The molecular weight excluding hydrogens is 218 g/mol. The summed E-state index contributed by atoms with van der Waals surface area (Å²) in [6, 6.07) is 0. The number of hydrogen-bond donors (Lipinski definition) is 0. The van der Waals surface area contributed by atoms with Gasteiger partial charge in [-0.1, -0.05) is 25.4 Å². The van der Waals surface area contributed by atoms with Crippen LogP contribution >= 0.6 is 0 Å². The number of esters is 1. The van der Waals surface area contributed by atoms with Crippen molar-refractivity contribution in [3.63, 3.8) is 0 Å². The van der Waals surface area contributed by atoms with E-state index in [0.29, 0.717) is 12.8 Å². The summed E-state index contributed by atoms with van der Waals surface area (Å²) in [6.07, 6.45) is 6.50. The average Bonchev–Trinajstić information content (AvgIpc) is 2.28. The molecule has 96 valence electrons. The van der Waals surface area contributed by atoms with Crippen LogP contribution in [0, 0.1) is 0 Å². The molecule has 1 aliphatic rings. The number of rotatable bonds is 5. The first kappa shape index (κ1) is 13.8. The fourth-order valence-corrected chi connectivity index (χ4v) is 2.01. The van der Waals surface area contributed by atoms with Gasteiger partial charge in [-0.3, -0.25) is 4.79 Å². The largest absolute Gasteiger partial charge is 0.462 e. The number of azide groups is 1. The van der Waals surface area contributed by atoms with Crippen LogP contribution in [0.5, 0.6) is 0 Å². The Morgan fingerprint density at radius 2 is 2.06 bits per heavy atom. The first-order valence-corrected chi connectivity index (χ1v) is 6.29. The number of carbonyl (C=O) groups is 1. The summed E-state index contributed by atoms with van der Waals surface area (Å²) in [5.74, 6) is -0.168. The van der Waals surface area contributed by atoms with E-state index in [2.05, 4.69) is 10.0 Å². The normalized spacial score (nSPS) is 17.3. The van der Waals surface area contributed by atoms with Crippen molar-refractivity contribution in [1.29, 1.82) is 0 Å². The van der Waals surface area contributed by atoms with Crippen molar-refractivity contribution in [2.75, 3.05) is 0 Å². The Morgan fingerprint density at radius 1 is 1.41 bits per heavy atom. The maximum Gasteiger partial charge on any atom is 0.306 e. The Balaban J connectivity index is 2.27. The van der Waals surface area contributed by atoms with Gasteiger partial charge in [0, 0.05) is 16.9 Å². The fraction of sp³-hybridized carbons (Fsp3) is 0.917. The van der Waals surface area contributed by atoms with Crippen molar-refractivity contribution in [1.82, 2.24) is 0 Å². The molecule has 0 aromatic rings.